The number of rotatable bonds is 3. The van der Waals surface area contributed by atoms with Gasteiger partial charge in [-0.15, -0.1) is 16.1 Å². The summed E-state index contributed by atoms with van der Waals surface area (Å²) in [7, 11) is 0. The van der Waals surface area contributed by atoms with Crippen molar-refractivity contribution in [2.45, 2.75) is 18.4 Å². The lowest BCUT2D eigenvalue weighted by atomic mass is 10.1. The van der Waals surface area contributed by atoms with Crippen LogP contribution in [0.15, 0.2) is 41.4 Å². The highest BCUT2D eigenvalue weighted by Gasteiger charge is 2.01. The van der Waals surface area contributed by atoms with E-state index in [9.17, 15) is 0 Å². The molecule has 0 amide bonds. The fraction of sp³-hybridized carbons (Fsp3) is 0.200. The number of hydrogen-bond acceptors (Lipinski definition) is 3. The van der Waals surface area contributed by atoms with Gasteiger partial charge in [0, 0.05) is 17.0 Å². The third kappa shape index (κ3) is 4.27. The van der Waals surface area contributed by atoms with Gasteiger partial charge in [-0.2, -0.15) is 0 Å². The molecule has 0 aliphatic carbocycles. The van der Waals surface area contributed by atoms with Crippen LogP contribution in [0, 0.1) is 11.8 Å². The minimum absolute atomic E-state index is 0.721. The van der Waals surface area contributed by atoms with Crippen LogP contribution < -0.4 is 0 Å². The van der Waals surface area contributed by atoms with Crippen LogP contribution in [-0.4, -0.2) is 16.0 Å². The Morgan fingerprint density at radius 1 is 1.05 bits per heavy atom. The standard InChI is InChI=1S/C15H13ClN2S/c1-2-3-4-11-19-15-10-9-14(17-18-15)12-5-7-13(16)8-6-12/h5-10H,2,11H2,1H3. The zero-order chi connectivity index (χ0) is 13.5. The first kappa shape index (κ1) is 13.9. The zero-order valence-electron chi connectivity index (χ0n) is 10.6. The summed E-state index contributed by atoms with van der Waals surface area (Å²) in [6.45, 7) is 2.04. The van der Waals surface area contributed by atoms with E-state index < -0.39 is 0 Å². The van der Waals surface area contributed by atoms with Gasteiger partial charge in [0.25, 0.3) is 0 Å². The van der Waals surface area contributed by atoms with Crippen molar-refractivity contribution in [3.05, 3.63) is 41.4 Å². The fourth-order valence-electron chi connectivity index (χ4n) is 1.46. The average Bonchev–Trinajstić information content (AvgIpc) is 2.45. The van der Waals surface area contributed by atoms with Crippen LogP contribution in [0.4, 0.5) is 0 Å². The van der Waals surface area contributed by atoms with Gasteiger partial charge in [-0.3, -0.25) is 0 Å². The molecule has 2 nitrogen and oxygen atoms in total. The number of hydrogen-bond donors (Lipinski definition) is 0. The smallest absolute Gasteiger partial charge is 0.120 e. The van der Waals surface area contributed by atoms with Crippen molar-refractivity contribution in [2.75, 3.05) is 5.75 Å². The normalized spacial score (nSPS) is 9.79. The molecule has 0 atom stereocenters. The van der Waals surface area contributed by atoms with Gasteiger partial charge in [-0.1, -0.05) is 48.3 Å². The third-order valence-electron chi connectivity index (χ3n) is 2.37. The van der Waals surface area contributed by atoms with Crippen molar-refractivity contribution >= 4 is 23.4 Å². The molecule has 0 saturated heterocycles. The minimum atomic E-state index is 0.721. The topological polar surface area (TPSA) is 25.8 Å². The molecule has 1 heterocycles. The molecular weight excluding hydrogens is 276 g/mol. The first-order chi connectivity index (χ1) is 9.29. The van der Waals surface area contributed by atoms with E-state index in [4.69, 9.17) is 11.6 Å². The molecule has 96 valence electrons. The van der Waals surface area contributed by atoms with Gasteiger partial charge >= 0.3 is 0 Å². The summed E-state index contributed by atoms with van der Waals surface area (Å²) in [6, 6.07) is 11.5. The van der Waals surface area contributed by atoms with Crippen LogP contribution in [-0.2, 0) is 0 Å². The first-order valence-electron chi connectivity index (χ1n) is 5.98. The SMILES string of the molecule is CCC#CCSc1ccc(-c2ccc(Cl)cc2)nn1. The Hall–Kier alpha value is -1.50. The van der Waals surface area contributed by atoms with Gasteiger partial charge in [0.1, 0.15) is 5.03 Å². The molecule has 1 aromatic carbocycles. The Bertz CT molecular complexity index is 582. The molecule has 2 rings (SSSR count). The van der Waals surface area contributed by atoms with Gasteiger partial charge in [0.15, 0.2) is 0 Å². The van der Waals surface area contributed by atoms with Crippen molar-refractivity contribution in [3.63, 3.8) is 0 Å². The largest absolute Gasteiger partial charge is 0.149 e. The molecule has 0 N–H and O–H groups in total. The second kappa shape index (κ2) is 7.18. The quantitative estimate of drug-likeness (QED) is 0.622. The number of thioether (sulfide) groups is 1. The van der Waals surface area contributed by atoms with Gasteiger partial charge in [-0.25, -0.2) is 0 Å². The summed E-state index contributed by atoms with van der Waals surface area (Å²) < 4.78 is 0. The highest BCUT2D eigenvalue weighted by atomic mass is 35.5. The Kier molecular flexibility index (Phi) is 5.26. The predicted octanol–water partition coefficient (Wildman–Crippen LogP) is 4.30. The van der Waals surface area contributed by atoms with E-state index >= 15 is 0 Å². The second-order valence-corrected chi connectivity index (χ2v) is 5.19. The summed E-state index contributed by atoms with van der Waals surface area (Å²) >= 11 is 7.45. The van der Waals surface area contributed by atoms with E-state index in [2.05, 4.69) is 22.0 Å². The van der Waals surface area contributed by atoms with Gasteiger partial charge in [0.2, 0.25) is 0 Å². The summed E-state index contributed by atoms with van der Waals surface area (Å²) in [6.07, 6.45) is 0.891. The van der Waals surface area contributed by atoms with Crippen LogP contribution >= 0.6 is 23.4 Å². The van der Waals surface area contributed by atoms with Crippen molar-refractivity contribution < 1.29 is 0 Å². The van der Waals surface area contributed by atoms with Gasteiger partial charge < -0.3 is 0 Å². The Morgan fingerprint density at radius 2 is 1.84 bits per heavy atom. The fourth-order valence-corrected chi connectivity index (χ4v) is 2.17. The second-order valence-electron chi connectivity index (χ2n) is 3.76. The lowest BCUT2D eigenvalue weighted by Crippen LogP contribution is -1.89. The van der Waals surface area contributed by atoms with E-state index in [1.165, 1.54) is 0 Å². The van der Waals surface area contributed by atoms with Crippen LogP contribution in [0.1, 0.15) is 13.3 Å². The molecule has 19 heavy (non-hydrogen) atoms. The average molecular weight is 289 g/mol. The van der Waals surface area contributed by atoms with Gasteiger partial charge in [0.05, 0.1) is 11.4 Å². The minimum Gasteiger partial charge on any atom is -0.149 e. The Morgan fingerprint density at radius 3 is 2.47 bits per heavy atom. The maximum atomic E-state index is 5.85. The zero-order valence-corrected chi connectivity index (χ0v) is 12.1. The van der Waals surface area contributed by atoms with E-state index in [-0.39, 0.29) is 0 Å². The summed E-state index contributed by atoms with van der Waals surface area (Å²) in [4.78, 5) is 0. The van der Waals surface area contributed by atoms with Crippen LogP contribution in [0.2, 0.25) is 5.02 Å². The maximum absolute atomic E-state index is 5.85. The van der Waals surface area contributed by atoms with Crippen molar-refractivity contribution in [1.29, 1.82) is 0 Å². The molecule has 0 unspecified atom stereocenters. The molecule has 4 heteroatoms. The highest BCUT2D eigenvalue weighted by Crippen LogP contribution is 2.21. The molecule has 0 aliphatic rings. The van der Waals surface area contributed by atoms with Crippen molar-refractivity contribution in [2.24, 2.45) is 0 Å². The lowest BCUT2D eigenvalue weighted by Gasteiger charge is -2.01. The maximum Gasteiger partial charge on any atom is 0.120 e. The summed E-state index contributed by atoms with van der Waals surface area (Å²) in [5.41, 5.74) is 1.86. The molecule has 0 spiro atoms. The molecule has 0 saturated carbocycles. The number of halogens is 1. The summed E-state index contributed by atoms with van der Waals surface area (Å²) in [5.74, 6) is 6.85. The Labute approximate surface area is 122 Å². The van der Waals surface area contributed by atoms with E-state index in [0.717, 1.165) is 33.5 Å². The third-order valence-corrected chi connectivity index (χ3v) is 3.43. The monoisotopic (exact) mass is 288 g/mol. The lowest BCUT2D eigenvalue weighted by molar-refractivity contribution is 0.937. The van der Waals surface area contributed by atoms with Crippen molar-refractivity contribution in [3.8, 4) is 23.1 Å². The molecule has 1 aromatic heterocycles. The molecule has 0 radical (unpaired) electrons. The van der Waals surface area contributed by atoms with E-state index in [1.54, 1.807) is 11.8 Å². The number of aromatic nitrogens is 2. The summed E-state index contributed by atoms with van der Waals surface area (Å²) in [5, 5.41) is 10.0. The highest BCUT2D eigenvalue weighted by molar-refractivity contribution is 7.99. The molecule has 0 aliphatic heterocycles. The van der Waals surface area contributed by atoms with Gasteiger partial charge in [-0.05, 0) is 24.3 Å². The molecule has 0 fully saturated rings. The predicted molar refractivity (Wildman–Crippen MR) is 81.3 cm³/mol. The van der Waals surface area contributed by atoms with Crippen LogP contribution in [0.25, 0.3) is 11.3 Å². The van der Waals surface area contributed by atoms with Crippen molar-refractivity contribution in [1.82, 2.24) is 10.2 Å². The number of nitrogens with zero attached hydrogens (tertiary/aromatic N) is 2. The molecule has 0 bridgehead atoms. The number of benzene rings is 1. The Balaban J connectivity index is 2.04. The molecular formula is C15H13ClN2S. The van der Waals surface area contributed by atoms with E-state index in [1.807, 2.05) is 43.3 Å². The first-order valence-corrected chi connectivity index (χ1v) is 7.34. The van der Waals surface area contributed by atoms with Crippen LogP contribution in [0.3, 0.4) is 0 Å². The van der Waals surface area contributed by atoms with Crippen LogP contribution in [0.5, 0.6) is 0 Å². The molecule has 2 aromatic rings. The van der Waals surface area contributed by atoms with E-state index in [0.29, 0.717) is 0 Å².